The van der Waals surface area contributed by atoms with Crippen LogP contribution in [0.1, 0.15) is 47.8 Å². The minimum absolute atomic E-state index is 0.0294. The first-order valence-electron chi connectivity index (χ1n) is 13.7. The fourth-order valence-corrected chi connectivity index (χ4v) is 5.92. The summed E-state index contributed by atoms with van der Waals surface area (Å²) in [5.41, 5.74) is 2.44. The van der Waals surface area contributed by atoms with E-state index in [1.807, 2.05) is 60.7 Å². The molecule has 1 fully saturated rings. The number of carbonyl (C=O) groups is 2. The zero-order valence-electron chi connectivity index (χ0n) is 22.6. The molecule has 9 heteroatoms. The molecule has 0 bridgehead atoms. The number of hydrogen-bond donors (Lipinski definition) is 2. The smallest absolute Gasteiger partial charge is 0.247 e. The molecule has 1 aliphatic carbocycles. The number of benzene rings is 3. The van der Waals surface area contributed by atoms with E-state index in [1.165, 1.54) is 0 Å². The highest BCUT2D eigenvalue weighted by Crippen LogP contribution is 2.26. The van der Waals surface area contributed by atoms with Crippen molar-refractivity contribution >= 4 is 21.8 Å². The second-order valence-electron chi connectivity index (χ2n) is 10.2. The maximum absolute atomic E-state index is 13.8. The van der Waals surface area contributed by atoms with Crippen molar-refractivity contribution in [3.05, 3.63) is 126 Å². The molecule has 2 N–H and O–H groups in total. The normalized spacial score (nSPS) is 13.9. The Labute approximate surface area is 240 Å². The van der Waals surface area contributed by atoms with Crippen LogP contribution in [0.3, 0.4) is 0 Å². The van der Waals surface area contributed by atoms with E-state index in [0.717, 1.165) is 24.0 Å². The first-order valence-corrected chi connectivity index (χ1v) is 15.2. The second kappa shape index (κ2) is 13.0. The SMILES string of the molecule is O=C(NCc1ccco1)[C@@H](c1ccccc1)N(Cc1ccccc1)C(=O)CCc1ccc(S(=O)(=O)NC2CC2)cc1. The van der Waals surface area contributed by atoms with Gasteiger partial charge in [-0.15, -0.1) is 0 Å². The molecule has 1 atom stereocenters. The van der Waals surface area contributed by atoms with Gasteiger partial charge in [0, 0.05) is 19.0 Å². The quantitative estimate of drug-likeness (QED) is 0.241. The van der Waals surface area contributed by atoms with Crippen molar-refractivity contribution in [3.8, 4) is 0 Å². The molecule has 0 aliphatic heterocycles. The highest BCUT2D eigenvalue weighted by Gasteiger charge is 2.32. The minimum Gasteiger partial charge on any atom is -0.467 e. The number of nitrogens with one attached hydrogen (secondary N) is 2. The first-order chi connectivity index (χ1) is 19.9. The lowest BCUT2D eigenvalue weighted by molar-refractivity contribution is -0.141. The van der Waals surface area contributed by atoms with Crippen LogP contribution in [0, 0.1) is 0 Å². The number of hydrogen-bond acceptors (Lipinski definition) is 5. The van der Waals surface area contributed by atoms with E-state index in [1.54, 1.807) is 47.6 Å². The molecule has 0 radical (unpaired) electrons. The number of aryl methyl sites for hydroxylation is 1. The molecule has 4 aromatic rings. The Balaban J connectivity index is 1.35. The maximum atomic E-state index is 13.8. The van der Waals surface area contributed by atoms with Crippen LogP contribution in [0.4, 0.5) is 0 Å². The predicted octanol–water partition coefficient (Wildman–Crippen LogP) is 4.74. The van der Waals surface area contributed by atoms with E-state index in [2.05, 4.69) is 10.0 Å². The van der Waals surface area contributed by atoms with Crippen molar-refractivity contribution in [2.24, 2.45) is 0 Å². The molecule has 1 saturated carbocycles. The van der Waals surface area contributed by atoms with Gasteiger partial charge < -0.3 is 14.6 Å². The van der Waals surface area contributed by atoms with Crippen LogP contribution in [-0.4, -0.2) is 31.2 Å². The highest BCUT2D eigenvalue weighted by molar-refractivity contribution is 7.89. The van der Waals surface area contributed by atoms with Crippen LogP contribution in [-0.2, 0) is 39.1 Å². The Morgan fingerprint density at radius 3 is 2.17 bits per heavy atom. The zero-order valence-corrected chi connectivity index (χ0v) is 23.4. The molecule has 0 saturated heterocycles. The Morgan fingerprint density at radius 2 is 1.54 bits per heavy atom. The largest absolute Gasteiger partial charge is 0.467 e. The summed E-state index contributed by atoms with van der Waals surface area (Å²) in [4.78, 5) is 29.3. The lowest BCUT2D eigenvalue weighted by Crippen LogP contribution is -2.43. The van der Waals surface area contributed by atoms with E-state index < -0.39 is 16.1 Å². The molecule has 5 rings (SSSR count). The van der Waals surface area contributed by atoms with Crippen LogP contribution >= 0.6 is 0 Å². The van der Waals surface area contributed by atoms with Gasteiger partial charge in [0.2, 0.25) is 21.8 Å². The highest BCUT2D eigenvalue weighted by atomic mass is 32.2. The van der Waals surface area contributed by atoms with Gasteiger partial charge in [0.05, 0.1) is 17.7 Å². The average Bonchev–Trinajstić information content (AvgIpc) is 3.63. The van der Waals surface area contributed by atoms with Crippen molar-refractivity contribution in [2.75, 3.05) is 0 Å². The molecule has 1 aromatic heterocycles. The summed E-state index contributed by atoms with van der Waals surface area (Å²) < 4.78 is 33.1. The number of rotatable bonds is 13. The minimum atomic E-state index is -3.54. The summed E-state index contributed by atoms with van der Waals surface area (Å²) in [6.45, 7) is 0.449. The monoisotopic (exact) mass is 571 g/mol. The van der Waals surface area contributed by atoms with Gasteiger partial charge in [0.1, 0.15) is 11.8 Å². The predicted molar refractivity (Wildman–Crippen MR) is 155 cm³/mol. The summed E-state index contributed by atoms with van der Waals surface area (Å²) >= 11 is 0. The van der Waals surface area contributed by atoms with E-state index >= 15 is 0 Å². The third kappa shape index (κ3) is 7.71. The summed E-state index contributed by atoms with van der Waals surface area (Å²) in [7, 11) is -3.54. The van der Waals surface area contributed by atoms with Gasteiger partial charge in [0.15, 0.2) is 0 Å². The van der Waals surface area contributed by atoms with E-state index in [-0.39, 0.29) is 42.3 Å². The Kier molecular flexibility index (Phi) is 8.96. The molecular weight excluding hydrogens is 538 g/mol. The third-order valence-electron chi connectivity index (χ3n) is 6.97. The van der Waals surface area contributed by atoms with Gasteiger partial charge in [-0.2, -0.15) is 0 Å². The van der Waals surface area contributed by atoms with Crippen molar-refractivity contribution in [1.29, 1.82) is 0 Å². The number of amides is 2. The lowest BCUT2D eigenvalue weighted by Gasteiger charge is -2.31. The number of furan rings is 1. The average molecular weight is 572 g/mol. The lowest BCUT2D eigenvalue weighted by atomic mass is 10.0. The van der Waals surface area contributed by atoms with Crippen molar-refractivity contribution < 1.29 is 22.4 Å². The summed E-state index contributed by atoms with van der Waals surface area (Å²) in [5.74, 6) is 0.112. The standard InChI is InChI=1S/C32H33N3O5S/c36-30(20-15-24-13-18-29(19-14-24)41(38,39)34-27-16-17-27)35(23-25-8-3-1-4-9-25)31(26-10-5-2-6-11-26)32(37)33-22-28-12-7-21-40-28/h1-14,18-19,21,27,31,34H,15-17,20,22-23H2,(H,33,37)/t31-/m1/s1. The molecule has 0 unspecified atom stereocenters. The van der Waals surface area contributed by atoms with Crippen molar-refractivity contribution in [2.45, 2.75) is 55.8 Å². The van der Waals surface area contributed by atoms with Crippen molar-refractivity contribution in [1.82, 2.24) is 14.9 Å². The van der Waals surface area contributed by atoms with Gasteiger partial charge in [-0.05, 0) is 60.2 Å². The molecular formula is C32H33N3O5S. The van der Waals surface area contributed by atoms with Gasteiger partial charge in [-0.25, -0.2) is 13.1 Å². The Hall–Kier alpha value is -4.21. The molecule has 8 nitrogen and oxygen atoms in total. The molecule has 1 aliphatic rings. The van der Waals surface area contributed by atoms with E-state index in [9.17, 15) is 18.0 Å². The van der Waals surface area contributed by atoms with Gasteiger partial charge in [0.25, 0.3) is 0 Å². The zero-order chi connectivity index (χ0) is 28.7. The molecule has 41 heavy (non-hydrogen) atoms. The molecule has 3 aromatic carbocycles. The molecule has 0 spiro atoms. The topological polar surface area (TPSA) is 109 Å². The van der Waals surface area contributed by atoms with E-state index in [4.69, 9.17) is 4.42 Å². The van der Waals surface area contributed by atoms with Crippen LogP contribution in [0.2, 0.25) is 0 Å². The summed E-state index contributed by atoms with van der Waals surface area (Å²) in [6, 6.07) is 28.1. The second-order valence-corrected chi connectivity index (χ2v) is 11.9. The van der Waals surface area contributed by atoms with Crippen molar-refractivity contribution in [3.63, 3.8) is 0 Å². The number of nitrogens with zero attached hydrogens (tertiary/aromatic N) is 1. The van der Waals surface area contributed by atoms with E-state index in [0.29, 0.717) is 17.7 Å². The summed E-state index contributed by atoms with van der Waals surface area (Å²) in [5, 5.41) is 2.93. The van der Waals surface area contributed by atoms with Gasteiger partial charge >= 0.3 is 0 Å². The third-order valence-corrected chi connectivity index (χ3v) is 8.51. The van der Waals surface area contributed by atoms with Crippen LogP contribution < -0.4 is 10.0 Å². The molecule has 2 amide bonds. The van der Waals surface area contributed by atoms with Gasteiger partial charge in [-0.1, -0.05) is 72.8 Å². The summed E-state index contributed by atoms with van der Waals surface area (Å²) in [6.07, 6.45) is 3.82. The van der Waals surface area contributed by atoms with Crippen LogP contribution in [0.25, 0.3) is 0 Å². The maximum Gasteiger partial charge on any atom is 0.247 e. The molecule has 1 heterocycles. The van der Waals surface area contributed by atoms with Crippen LogP contribution in [0.15, 0.2) is 113 Å². The number of sulfonamides is 1. The first kappa shape index (κ1) is 28.3. The molecule has 212 valence electrons. The number of carbonyl (C=O) groups excluding carboxylic acids is 2. The fourth-order valence-electron chi connectivity index (χ4n) is 4.61. The Bertz CT molecular complexity index is 1540. The fraction of sp³-hybridized carbons (Fsp3) is 0.250. The van der Waals surface area contributed by atoms with Crippen LogP contribution in [0.5, 0.6) is 0 Å². The Morgan fingerprint density at radius 1 is 0.854 bits per heavy atom. The van der Waals surface area contributed by atoms with Gasteiger partial charge in [-0.3, -0.25) is 9.59 Å².